The molecule has 0 saturated heterocycles. The lowest BCUT2D eigenvalue weighted by molar-refractivity contribution is 0.452. The third-order valence-corrected chi connectivity index (χ3v) is 6.86. The van der Waals surface area contributed by atoms with Gasteiger partial charge >= 0.3 is 0 Å². The van der Waals surface area contributed by atoms with Crippen molar-refractivity contribution in [1.29, 1.82) is 0 Å². The molecule has 0 aliphatic rings. The van der Waals surface area contributed by atoms with Crippen molar-refractivity contribution >= 4 is 68.2 Å². The number of anilines is 12. The fourth-order valence-corrected chi connectivity index (χ4v) is 3.61. The van der Waals surface area contributed by atoms with Crippen LogP contribution >= 0.6 is 0 Å². The first-order valence-electron chi connectivity index (χ1n) is 15.8. The quantitative estimate of drug-likeness (QED) is 0.0593. The first-order chi connectivity index (χ1) is 26.8. The molecular formula is C36H48N12O10. The monoisotopic (exact) mass is 808 g/mol. The van der Waals surface area contributed by atoms with Crippen molar-refractivity contribution < 1.29 is 51.1 Å². The fourth-order valence-electron chi connectivity index (χ4n) is 3.61. The minimum absolute atomic E-state index is 0.0370. The van der Waals surface area contributed by atoms with Crippen LogP contribution in [0.4, 0.5) is 68.2 Å². The normalized spacial score (nSPS) is 9.52. The van der Waals surface area contributed by atoms with Gasteiger partial charge in [-0.1, -0.05) is 0 Å². The second-order valence-corrected chi connectivity index (χ2v) is 11.5. The number of nitrogens with two attached hydrogens (primary N) is 12. The van der Waals surface area contributed by atoms with Crippen molar-refractivity contribution in [3.05, 3.63) is 84.9 Å². The third kappa shape index (κ3) is 14.7. The van der Waals surface area contributed by atoms with Gasteiger partial charge < -0.3 is 120 Å². The van der Waals surface area contributed by atoms with Gasteiger partial charge in [-0.2, -0.15) is 0 Å². The molecule has 0 aromatic heterocycles. The largest absolute Gasteiger partial charge is 0.508 e. The lowest BCUT2D eigenvalue weighted by Gasteiger charge is -2.02. The summed E-state index contributed by atoms with van der Waals surface area (Å²) in [6.07, 6.45) is 0. The highest BCUT2D eigenvalue weighted by molar-refractivity contribution is 5.73. The Morgan fingerprint density at radius 2 is 0.638 bits per heavy atom. The first-order valence-corrected chi connectivity index (χ1v) is 15.8. The summed E-state index contributed by atoms with van der Waals surface area (Å²) in [5.74, 6) is -1.16. The Morgan fingerprint density at radius 1 is 0.241 bits per heavy atom. The van der Waals surface area contributed by atoms with E-state index in [2.05, 4.69) is 0 Å². The van der Waals surface area contributed by atoms with Crippen LogP contribution in [0, 0.1) is 0 Å². The van der Waals surface area contributed by atoms with E-state index < -0.39 is 0 Å². The number of phenols is 10. The summed E-state index contributed by atoms with van der Waals surface area (Å²) in [5, 5.41) is 88.9. The molecule has 0 radical (unpaired) electrons. The fraction of sp³-hybridized carbons (Fsp3) is 0. The van der Waals surface area contributed by atoms with Gasteiger partial charge in [0, 0.05) is 47.8 Å². The van der Waals surface area contributed by atoms with Crippen molar-refractivity contribution in [3.8, 4) is 57.5 Å². The molecule has 58 heavy (non-hydrogen) atoms. The van der Waals surface area contributed by atoms with Crippen LogP contribution in [0.15, 0.2) is 84.9 Å². The maximum absolute atomic E-state index is 8.98. The third-order valence-electron chi connectivity index (χ3n) is 6.86. The molecule has 0 saturated carbocycles. The van der Waals surface area contributed by atoms with E-state index in [1.165, 1.54) is 54.6 Å². The number of nitrogen functional groups attached to an aromatic ring is 12. The molecule has 6 aromatic carbocycles. The maximum Gasteiger partial charge on any atom is 0.165 e. The van der Waals surface area contributed by atoms with E-state index in [0.717, 1.165) is 12.1 Å². The lowest BCUT2D eigenvalue weighted by atomic mass is 10.2. The Labute approximate surface area is 330 Å². The van der Waals surface area contributed by atoms with Crippen LogP contribution in [0.25, 0.3) is 0 Å². The molecule has 0 aliphatic heterocycles. The number of hydrogen-bond donors (Lipinski definition) is 22. The van der Waals surface area contributed by atoms with Gasteiger partial charge in [-0.25, -0.2) is 0 Å². The zero-order valence-corrected chi connectivity index (χ0v) is 30.5. The molecule has 0 atom stereocenters. The first kappa shape index (κ1) is 46.9. The number of phenolic OH excluding ortho intramolecular Hbond substituents is 10. The van der Waals surface area contributed by atoms with Gasteiger partial charge in [0.25, 0.3) is 0 Å². The summed E-state index contributed by atoms with van der Waals surface area (Å²) < 4.78 is 0. The number of hydrogen-bond acceptors (Lipinski definition) is 22. The molecule has 6 aromatic rings. The summed E-state index contributed by atoms with van der Waals surface area (Å²) >= 11 is 0. The van der Waals surface area contributed by atoms with Crippen LogP contribution in [-0.4, -0.2) is 51.1 Å². The van der Waals surface area contributed by atoms with Crippen LogP contribution in [-0.2, 0) is 0 Å². The molecule has 22 heteroatoms. The molecule has 34 N–H and O–H groups in total. The summed E-state index contributed by atoms with van der Waals surface area (Å²) in [7, 11) is 0. The minimum atomic E-state index is -0.264. The predicted molar refractivity (Wildman–Crippen MR) is 228 cm³/mol. The van der Waals surface area contributed by atoms with E-state index in [0.29, 0.717) is 22.7 Å². The zero-order valence-electron chi connectivity index (χ0n) is 30.5. The Hall–Kier alpha value is -9.08. The standard InChI is InChI=1S/4C6H8N2O2.2C6H8N2O/c7-3-1-5(9)4(8)2-6(3)10;7-3-1-4(8)6(10)2-5(3)9;7-4-1-3(9)2-5(10)6(4)8;7-3-1-2-4(9)5(8)6(3)10;7-4-1-2-6(9)5(8)3-4;7-4-1-2-5(8)6(9)3-4/h4*1-2,9-10H,7-8H2;2*1-3,9H,7-8H2. The van der Waals surface area contributed by atoms with Crippen molar-refractivity contribution in [2.45, 2.75) is 0 Å². The molecule has 22 nitrogen and oxygen atoms in total. The van der Waals surface area contributed by atoms with Crippen LogP contribution in [0.2, 0.25) is 0 Å². The van der Waals surface area contributed by atoms with Gasteiger partial charge in [-0.3, -0.25) is 0 Å². The SMILES string of the molecule is Nc1cc(N)c(O)cc1O.Nc1cc(O)c(N)cc1O.Nc1cc(O)cc(O)c1N.Nc1ccc(N)c(O)c1.Nc1ccc(O)c(N)c1.Nc1ccc(O)c(N)c1O. The smallest absolute Gasteiger partial charge is 0.165 e. The van der Waals surface area contributed by atoms with E-state index in [4.69, 9.17) is 120 Å². The topological polar surface area (TPSA) is 515 Å². The molecule has 0 aliphatic carbocycles. The van der Waals surface area contributed by atoms with Crippen LogP contribution < -0.4 is 68.8 Å². The zero-order chi connectivity index (χ0) is 44.6. The average Bonchev–Trinajstić information content (AvgIpc) is 3.14. The number of rotatable bonds is 0. The highest BCUT2D eigenvalue weighted by Gasteiger charge is 2.05. The van der Waals surface area contributed by atoms with E-state index in [-0.39, 0.29) is 103 Å². The molecule has 0 heterocycles. The van der Waals surface area contributed by atoms with Gasteiger partial charge in [0.15, 0.2) is 5.75 Å². The summed E-state index contributed by atoms with van der Waals surface area (Å²) in [6.45, 7) is 0. The number of aromatic hydroxyl groups is 10. The summed E-state index contributed by atoms with van der Waals surface area (Å²) in [6, 6.07) is 19.1. The van der Waals surface area contributed by atoms with Gasteiger partial charge in [0.1, 0.15) is 57.4 Å². The maximum atomic E-state index is 8.98. The predicted octanol–water partition coefficient (Wildman–Crippen LogP) is 2.16. The van der Waals surface area contributed by atoms with Crippen LogP contribution in [0.1, 0.15) is 0 Å². The van der Waals surface area contributed by atoms with Gasteiger partial charge in [-0.15, -0.1) is 0 Å². The Morgan fingerprint density at radius 3 is 1.05 bits per heavy atom. The molecule has 0 spiro atoms. The van der Waals surface area contributed by atoms with E-state index >= 15 is 0 Å². The molecule has 0 fully saturated rings. The molecule has 0 unspecified atom stereocenters. The van der Waals surface area contributed by atoms with Crippen molar-refractivity contribution in [1.82, 2.24) is 0 Å². The second-order valence-electron chi connectivity index (χ2n) is 11.5. The van der Waals surface area contributed by atoms with E-state index in [9.17, 15) is 0 Å². The Bertz CT molecular complexity index is 2060. The summed E-state index contributed by atoms with van der Waals surface area (Å²) in [4.78, 5) is 0. The molecule has 6 rings (SSSR count). The Balaban J connectivity index is 0.000000348. The van der Waals surface area contributed by atoms with E-state index in [1.54, 1.807) is 18.2 Å². The van der Waals surface area contributed by atoms with Crippen LogP contribution in [0.5, 0.6) is 57.5 Å². The minimum Gasteiger partial charge on any atom is -0.508 e. The van der Waals surface area contributed by atoms with E-state index in [1.807, 2.05) is 0 Å². The number of benzene rings is 6. The molecule has 312 valence electrons. The summed E-state index contributed by atoms with van der Waals surface area (Å²) in [5.41, 5.74) is 65.8. The van der Waals surface area contributed by atoms with Gasteiger partial charge in [0.05, 0.1) is 51.2 Å². The molecule has 0 amide bonds. The molecule has 0 bridgehead atoms. The Kier molecular flexibility index (Phi) is 17.0. The highest BCUT2D eigenvalue weighted by atomic mass is 16.3. The highest BCUT2D eigenvalue weighted by Crippen LogP contribution is 2.35. The van der Waals surface area contributed by atoms with Gasteiger partial charge in [-0.05, 0) is 48.5 Å². The average molecular weight is 809 g/mol. The van der Waals surface area contributed by atoms with Crippen molar-refractivity contribution in [2.75, 3.05) is 68.8 Å². The van der Waals surface area contributed by atoms with Crippen LogP contribution in [0.3, 0.4) is 0 Å². The molecular weight excluding hydrogens is 760 g/mol. The second kappa shape index (κ2) is 21.0. The lowest BCUT2D eigenvalue weighted by Crippen LogP contribution is -1.93. The van der Waals surface area contributed by atoms with Crippen molar-refractivity contribution in [2.24, 2.45) is 0 Å². The van der Waals surface area contributed by atoms with Crippen molar-refractivity contribution in [3.63, 3.8) is 0 Å². The van der Waals surface area contributed by atoms with Gasteiger partial charge in [0.2, 0.25) is 0 Å².